The van der Waals surface area contributed by atoms with E-state index in [1.165, 1.54) is 6.07 Å². The Bertz CT molecular complexity index is 947. The number of carbonyl (C=O) groups excluding carboxylic acids is 1. The van der Waals surface area contributed by atoms with E-state index in [4.69, 9.17) is 0 Å². The Morgan fingerprint density at radius 1 is 1.15 bits per heavy atom. The van der Waals surface area contributed by atoms with Crippen LogP contribution in [-0.4, -0.2) is 26.6 Å². The highest BCUT2D eigenvalue weighted by atomic mass is 19.1. The molecule has 1 aromatic heterocycles. The second-order valence-electron chi connectivity index (χ2n) is 7.01. The van der Waals surface area contributed by atoms with Crippen LogP contribution >= 0.6 is 0 Å². The Labute approximate surface area is 159 Å². The molecule has 0 N–H and O–H groups in total. The minimum absolute atomic E-state index is 0.0382. The molecule has 4 nitrogen and oxygen atoms in total. The van der Waals surface area contributed by atoms with Crippen molar-refractivity contribution >= 4 is 5.91 Å². The molecule has 0 spiro atoms. The third kappa shape index (κ3) is 4.08. The number of halogens is 1. The lowest BCUT2D eigenvalue weighted by atomic mass is 10.1. The summed E-state index contributed by atoms with van der Waals surface area (Å²) in [5.74, 6) is -0.361. The van der Waals surface area contributed by atoms with E-state index in [-0.39, 0.29) is 17.8 Å². The van der Waals surface area contributed by atoms with Crippen molar-refractivity contribution in [1.29, 1.82) is 0 Å². The van der Waals surface area contributed by atoms with Gasteiger partial charge in [-0.2, -0.15) is 5.10 Å². The molecule has 3 aromatic rings. The Morgan fingerprint density at radius 3 is 2.48 bits per heavy atom. The first-order valence-electron chi connectivity index (χ1n) is 9.02. The molecule has 140 valence electrons. The number of benzene rings is 2. The summed E-state index contributed by atoms with van der Waals surface area (Å²) in [4.78, 5) is 14.9. The lowest BCUT2D eigenvalue weighted by Gasteiger charge is -2.26. The highest BCUT2D eigenvalue weighted by Gasteiger charge is 2.23. The summed E-state index contributed by atoms with van der Waals surface area (Å²) in [6, 6.07) is 16.6. The zero-order chi connectivity index (χ0) is 19.6. The smallest absolute Gasteiger partial charge is 0.274 e. The van der Waals surface area contributed by atoms with Crippen molar-refractivity contribution in [3.63, 3.8) is 0 Å². The predicted molar refractivity (Wildman–Crippen MR) is 105 cm³/mol. The van der Waals surface area contributed by atoms with Crippen LogP contribution in [0.5, 0.6) is 0 Å². The van der Waals surface area contributed by atoms with Crippen molar-refractivity contribution in [3.05, 3.63) is 77.2 Å². The molecule has 27 heavy (non-hydrogen) atoms. The third-order valence-corrected chi connectivity index (χ3v) is 4.63. The van der Waals surface area contributed by atoms with Gasteiger partial charge in [-0.05, 0) is 56.2 Å². The minimum atomic E-state index is -0.244. The van der Waals surface area contributed by atoms with Gasteiger partial charge in [0, 0.05) is 25.2 Å². The normalized spacial score (nSPS) is 11.0. The van der Waals surface area contributed by atoms with Crippen molar-refractivity contribution in [2.75, 3.05) is 0 Å². The lowest BCUT2D eigenvalue weighted by molar-refractivity contribution is 0.0683. The van der Waals surface area contributed by atoms with E-state index in [2.05, 4.69) is 5.10 Å². The zero-order valence-electron chi connectivity index (χ0n) is 16.1. The Hall–Kier alpha value is -2.95. The summed E-state index contributed by atoms with van der Waals surface area (Å²) in [5, 5.41) is 4.42. The molecular weight excluding hydrogens is 341 g/mol. The summed E-state index contributed by atoms with van der Waals surface area (Å²) in [5.41, 5.74) is 3.64. The van der Waals surface area contributed by atoms with E-state index in [1.54, 1.807) is 41.8 Å². The standard InChI is InChI=1S/C22H24FN3O/c1-15(2)26(14-17-8-6-5-7-9-17)22(27)20-13-21(25(4)24-20)18-10-11-19(23)16(3)12-18/h5-13,15H,14H2,1-4H3. The molecule has 1 heterocycles. The Kier molecular flexibility index (Phi) is 5.40. The van der Waals surface area contributed by atoms with Gasteiger partial charge in [0.05, 0.1) is 5.69 Å². The molecule has 0 fully saturated rings. The van der Waals surface area contributed by atoms with Crippen LogP contribution in [0.3, 0.4) is 0 Å². The van der Waals surface area contributed by atoms with Gasteiger partial charge in [0.2, 0.25) is 0 Å². The van der Waals surface area contributed by atoms with Gasteiger partial charge in [-0.1, -0.05) is 30.3 Å². The van der Waals surface area contributed by atoms with Crippen molar-refractivity contribution in [2.45, 2.75) is 33.4 Å². The van der Waals surface area contributed by atoms with Gasteiger partial charge in [0.15, 0.2) is 5.69 Å². The number of aryl methyl sites for hydroxylation is 2. The molecule has 0 atom stereocenters. The average Bonchev–Trinajstić information content (AvgIpc) is 3.04. The lowest BCUT2D eigenvalue weighted by Crippen LogP contribution is -2.36. The fourth-order valence-electron chi connectivity index (χ4n) is 3.06. The van der Waals surface area contributed by atoms with Crippen LogP contribution in [-0.2, 0) is 13.6 Å². The molecule has 0 saturated carbocycles. The molecule has 0 aliphatic heterocycles. The first-order valence-corrected chi connectivity index (χ1v) is 9.02. The number of carbonyl (C=O) groups is 1. The first kappa shape index (κ1) is 18.8. The summed E-state index contributed by atoms with van der Waals surface area (Å²) in [6.45, 7) is 6.24. The molecule has 0 aliphatic rings. The van der Waals surface area contributed by atoms with E-state index in [9.17, 15) is 9.18 Å². The number of aromatic nitrogens is 2. The molecule has 0 bridgehead atoms. The summed E-state index contributed by atoms with van der Waals surface area (Å²) >= 11 is 0. The van der Waals surface area contributed by atoms with Crippen molar-refractivity contribution in [3.8, 4) is 11.3 Å². The fraction of sp³-hybridized carbons (Fsp3) is 0.273. The third-order valence-electron chi connectivity index (χ3n) is 4.63. The number of nitrogens with zero attached hydrogens (tertiary/aromatic N) is 3. The molecule has 0 saturated heterocycles. The van der Waals surface area contributed by atoms with Crippen LogP contribution in [0.15, 0.2) is 54.6 Å². The number of amides is 1. The van der Waals surface area contributed by atoms with Gasteiger partial charge in [-0.3, -0.25) is 9.48 Å². The highest BCUT2D eigenvalue weighted by molar-refractivity contribution is 5.93. The van der Waals surface area contributed by atoms with E-state index in [1.807, 2.05) is 44.2 Å². The van der Waals surface area contributed by atoms with Crippen molar-refractivity contribution in [2.24, 2.45) is 7.05 Å². The van der Waals surface area contributed by atoms with Gasteiger partial charge in [0.1, 0.15) is 5.82 Å². The van der Waals surface area contributed by atoms with Crippen molar-refractivity contribution in [1.82, 2.24) is 14.7 Å². The quantitative estimate of drug-likeness (QED) is 0.663. The fourth-order valence-corrected chi connectivity index (χ4v) is 3.06. The van der Waals surface area contributed by atoms with Gasteiger partial charge in [-0.25, -0.2) is 4.39 Å². The van der Waals surface area contributed by atoms with Crippen LogP contribution in [0.4, 0.5) is 4.39 Å². The van der Waals surface area contributed by atoms with Crippen LogP contribution in [0, 0.1) is 12.7 Å². The number of hydrogen-bond acceptors (Lipinski definition) is 2. The largest absolute Gasteiger partial charge is 0.331 e. The van der Waals surface area contributed by atoms with Crippen LogP contribution in [0.1, 0.15) is 35.5 Å². The SMILES string of the molecule is Cc1cc(-c2cc(C(=O)N(Cc3ccccc3)C(C)C)nn2C)ccc1F. The van der Waals surface area contributed by atoms with Crippen molar-refractivity contribution < 1.29 is 9.18 Å². The summed E-state index contributed by atoms with van der Waals surface area (Å²) in [7, 11) is 1.79. The monoisotopic (exact) mass is 365 g/mol. The van der Waals surface area contributed by atoms with Crippen LogP contribution in [0.25, 0.3) is 11.3 Å². The van der Waals surface area contributed by atoms with E-state index in [0.717, 1.165) is 16.8 Å². The van der Waals surface area contributed by atoms with Gasteiger partial charge >= 0.3 is 0 Å². The Morgan fingerprint density at radius 2 is 1.85 bits per heavy atom. The predicted octanol–water partition coefficient (Wildman–Crippen LogP) is 4.59. The second kappa shape index (κ2) is 7.74. The maximum absolute atomic E-state index is 13.6. The molecule has 5 heteroatoms. The zero-order valence-corrected chi connectivity index (χ0v) is 16.1. The topological polar surface area (TPSA) is 38.1 Å². The van der Waals surface area contributed by atoms with Gasteiger partial charge in [-0.15, -0.1) is 0 Å². The molecule has 0 aliphatic carbocycles. The molecule has 2 aromatic carbocycles. The number of rotatable bonds is 5. The van der Waals surface area contributed by atoms with E-state index >= 15 is 0 Å². The summed E-state index contributed by atoms with van der Waals surface area (Å²) < 4.78 is 15.2. The molecule has 0 unspecified atom stereocenters. The van der Waals surface area contributed by atoms with Crippen LogP contribution in [0.2, 0.25) is 0 Å². The minimum Gasteiger partial charge on any atom is -0.331 e. The van der Waals surface area contributed by atoms with E-state index < -0.39 is 0 Å². The van der Waals surface area contributed by atoms with Gasteiger partial charge < -0.3 is 4.90 Å². The maximum Gasteiger partial charge on any atom is 0.274 e. The highest BCUT2D eigenvalue weighted by Crippen LogP contribution is 2.23. The maximum atomic E-state index is 13.6. The molecule has 3 rings (SSSR count). The number of hydrogen-bond donors (Lipinski definition) is 0. The summed E-state index contributed by atoms with van der Waals surface area (Å²) in [6.07, 6.45) is 0. The molecule has 0 radical (unpaired) electrons. The molecule has 1 amide bonds. The average molecular weight is 365 g/mol. The van der Waals surface area contributed by atoms with Gasteiger partial charge in [0.25, 0.3) is 5.91 Å². The molecular formula is C22H24FN3O. The van der Waals surface area contributed by atoms with Crippen LogP contribution < -0.4 is 0 Å². The Balaban J connectivity index is 1.90. The van der Waals surface area contributed by atoms with E-state index in [0.29, 0.717) is 17.8 Å². The second-order valence-corrected chi connectivity index (χ2v) is 7.01. The first-order chi connectivity index (χ1) is 12.9.